The number of aromatic nitrogens is 1. The first-order valence-corrected chi connectivity index (χ1v) is 10.4. The normalized spacial score (nSPS) is 17.7. The molecule has 0 spiro atoms. The molecule has 1 amide bonds. The SMILES string of the molecule is CCC#CCC(CCc1ccccn1)OC[C@@H]1CCCN1C(=O)OC(C)(C)C. The maximum atomic E-state index is 12.5. The lowest BCUT2D eigenvalue weighted by atomic mass is 10.1. The molecule has 5 nitrogen and oxygen atoms in total. The second-order valence-corrected chi connectivity index (χ2v) is 8.20. The number of nitrogens with zero attached hydrogens (tertiary/aromatic N) is 2. The molecule has 0 radical (unpaired) electrons. The molecule has 2 rings (SSSR count). The Morgan fingerprint density at radius 1 is 1.36 bits per heavy atom. The predicted molar refractivity (Wildman–Crippen MR) is 111 cm³/mol. The van der Waals surface area contributed by atoms with Crippen LogP contribution in [0.3, 0.4) is 0 Å². The fraction of sp³-hybridized carbons (Fsp3) is 0.652. The van der Waals surface area contributed by atoms with E-state index in [1.807, 2.05) is 57.0 Å². The molecule has 2 heterocycles. The first-order chi connectivity index (χ1) is 13.4. The highest BCUT2D eigenvalue weighted by Crippen LogP contribution is 2.22. The second kappa shape index (κ2) is 11.1. The number of ether oxygens (including phenoxy) is 2. The lowest BCUT2D eigenvalue weighted by molar-refractivity contribution is -0.00574. The van der Waals surface area contributed by atoms with Gasteiger partial charge in [0.15, 0.2) is 0 Å². The molecule has 154 valence electrons. The van der Waals surface area contributed by atoms with E-state index < -0.39 is 5.60 Å². The van der Waals surface area contributed by atoms with Crippen molar-refractivity contribution in [2.75, 3.05) is 13.2 Å². The first kappa shape index (κ1) is 22.2. The molecule has 1 aliphatic heterocycles. The Bertz CT molecular complexity index is 658. The van der Waals surface area contributed by atoms with Crippen molar-refractivity contribution in [1.29, 1.82) is 0 Å². The minimum absolute atomic E-state index is 0.0437. The van der Waals surface area contributed by atoms with E-state index in [0.29, 0.717) is 13.0 Å². The highest BCUT2D eigenvalue weighted by Gasteiger charge is 2.32. The lowest BCUT2D eigenvalue weighted by Gasteiger charge is -2.29. The fourth-order valence-corrected chi connectivity index (χ4v) is 3.23. The molecule has 0 saturated carbocycles. The van der Waals surface area contributed by atoms with Crippen LogP contribution in [-0.2, 0) is 15.9 Å². The van der Waals surface area contributed by atoms with Gasteiger partial charge in [0.25, 0.3) is 0 Å². The highest BCUT2D eigenvalue weighted by molar-refractivity contribution is 5.68. The topological polar surface area (TPSA) is 51.7 Å². The van der Waals surface area contributed by atoms with Crippen molar-refractivity contribution in [3.63, 3.8) is 0 Å². The molecule has 0 aliphatic carbocycles. The van der Waals surface area contributed by atoms with Crippen LogP contribution < -0.4 is 0 Å². The molecular weight excluding hydrogens is 352 g/mol. The number of amides is 1. The number of carbonyl (C=O) groups excluding carboxylic acids is 1. The smallest absolute Gasteiger partial charge is 0.410 e. The monoisotopic (exact) mass is 386 g/mol. The van der Waals surface area contributed by atoms with Crippen LogP contribution in [0.4, 0.5) is 4.79 Å². The second-order valence-electron chi connectivity index (χ2n) is 8.20. The number of hydrogen-bond donors (Lipinski definition) is 0. The zero-order valence-electron chi connectivity index (χ0n) is 17.7. The summed E-state index contributed by atoms with van der Waals surface area (Å²) >= 11 is 0. The molecule has 2 atom stereocenters. The van der Waals surface area contributed by atoms with Crippen LogP contribution in [0.25, 0.3) is 0 Å². The summed E-state index contributed by atoms with van der Waals surface area (Å²) in [6.07, 6.45) is 6.85. The van der Waals surface area contributed by atoms with Crippen LogP contribution in [0, 0.1) is 11.8 Å². The van der Waals surface area contributed by atoms with Crippen molar-refractivity contribution in [2.24, 2.45) is 0 Å². The van der Waals surface area contributed by atoms with E-state index in [0.717, 1.165) is 44.3 Å². The van der Waals surface area contributed by atoms with E-state index in [9.17, 15) is 4.79 Å². The average Bonchev–Trinajstić information content (AvgIpc) is 3.12. The number of hydrogen-bond acceptors (Lipinski definition) is 4. The third kappa shape index (κ3) is 7.90. The van der Waals surface area contributed by atoms with Crippen molar-refractivity contribution < 1.29 is 14.3 Å². The maximum absolute atomic E-state index is 12.5. The van der Waals surface area contributed by atoms with Gasteiger partial charge in [0, 0.05) is 31.3 Å². The first-order valence-electron chi connectivity index (χ1n) is 10.4. The van der Waals surface area contributed by atoms with Gasteiger partial charge < -0.3 is 14.4 Å². The Kier molecular flexibility index (Phi) is 8.79. The number of carbonyl (C=O) groups is 1. The summed E-state index contributed by atoms with van der Waals surface area (Å²) in [4.78, 5) is 18.7. The van der Waals surface area contributed by atoms with E-state index in [1.54, 1.807) is 0 Å². The van der Waals surface area contributed by atoms with Crippen LogP contribution in [-0.4, -0.2) is 46.9 Å². The summed E-state index contributed by atoms with van der Waals surface area (Å²) in [5.74, 6) is 6.34. The molecule has 0 aromatic carbocycles. The zero-order valence-corrected chi connectivity index (χ0v) is 17.7. The van der Waals surface area contributed by atoms with Gasteiger partial charge in [0.2, 0.25) is 0 Å². The van der Waals surface area contributed by atoms with E-state index in [1.165, 1.54) is 0 Å². The van der Waals surface area contributed by atoms with E-state index in [-0.39, 0.29) is 18.2 Å². The Hall–Kier alpha value is -2.06. The molecule has 1 aromatic rings. The predicted octanol–water partition coefficient (Wildman–Crippen LogP) is 4.60. The molecule has 1 unspecified atom stereocenters. The summed E-state index contributed by atoms with van der Waals surface area (Å²) in [7, 11) is 0. The Morgan fingerprint density at radius 3 is 2.86 bits per heavy atom. The number of aryl methyl sites for hydroxylation is 1. The third-order valence-corrected chi connectivity index (χ3v) is 4.61. The van der Waals surface area contributed by atoms with Crippen molar-refractivity contribution in [3.05, 3.63) is 30.1 Å². The fourth-order valence-electron chi connectivity index (χ4n) is 3.23. The van der Waals surface area contributed by atoms with Gasteiger partial charge >= 0.3 is 6.09 Å². The number of likely N-dealkylation sites (tertiary alicyclic amines) is 1. The molecule has 1 fully saturated rings. The standard InChI is InChI=1S/C23H34N2O3/c1-5-6-7-13-21(15-14-19-11-8-9-16-24-19)27-18-20-12-10-17-25(20)22(26)28-23(2,3)4/h8-9,11,16,20-21H,5,10,12-15,17-18H2,1-4H3/t20-,21?/m0/s1. The summed E-state index contributed by atoms with van der Waals surface area (Å²) in [5.41, 5.74) is 0.585. The van der Waals surface area contributed by atoms with Gasteiger partial charge in [0.05, 0.1) is 18.8 Å². The largest absolute Gasteiger partial charge is 0.444 e. The van der Waals surface area contributed by atoms with Crippen LogP contribution in [0.1, 0.15) is 65.5 Å². The van der Waals surface area contributed by atoms with Crippen molar-refractivity contribution in [2.45, 2.75) is 84.0 Å². The highest BCUT2D eigenvalue weighted by atomic mass is 16.6. The summed E-state index contributed by atoms with van der Waals surface area (Å²) in [6, 6.07) is 6.05. The van der Waals surface area contributed by atoms with Gasteiger partial charge in [-0.25, -0.2) is 4.79 Å². The van der Waals surface area contributed by atoms with Gasteiger partial charge in [-0.15, -0.1) is 11.8 Å². The average molecular weight is 387 g/mol. The van der Waals surface area contributed by atoms with Crippen molar-refractivity contribution in [1.82, 2.24) is 9.88 Å². The summed E-state index contributed by atoms with van der Waals surface area (Å²) < 4.78 is 11.8. The van der Waals surface area contributed by atoms with E-state index in [4.69, 9.17) is 9.47 Å². The Labute approximate surface area is 169 Å². The minimum Gasteiger partial charge on any atom is -0.444 e. The summed E-state index contributed by atoms with van der Waals surface area (Å²) in [5, 5.41) is 0. The third-order valence-electron chi connectivity index (χ3n) is 4.61. The minimum atomic E-state index is -0.480. The number of rotatable bonds is 7. The zero-order chi connectivity index (χ0) is 20.4. The molecule has 0 bridgehead atoms. The molecule has 0 N–H and O–H groups in total. The Morgan fingerprint density at radius 2 is 2.18 bits per heavy atom. The van der Waals surface area contributed by atoms with Gasteiger partial charge in [-0.3, -0.25) is 4.98 Å². The molecule has 28 heavy (non-hydrogen) atoms. The maximum Gasteiger partial charge on any atom is 0.410 e. The van der Waals surface area contributed by atoms with E-state index >= 15 is 0 Å². The Balaban J connectivity index is 1.90. The van der Waals surface area contributed by atoms with E-state index in [2.05, 4.69) is 16.8 Å². The van der Waals surface area contributed by atoms with Crippen LogP contribution in [0.2, 0.25) is 0 Å². The molecule has 1 aliphatic rings. The van der Waals surface area contributed by atoms with Crippen molar-refractivity contribution in [3.8, 4) is 11.8 Å². The molecule has 1 aromatic heterocycles. The van der Waals surface area contributed by atoms with Gasteiger partial charge in [0.1, 0.15) is 5.60 Å². The van der Waals surface area contributed by atoms with Gasteiger partial charge in [-0.05, 0) is 58.6 Å². The summed E-state index contributed by atoms with van der Waals surface area (Å²) in [6.45, 7) is 9.00. The van der Waals surface area contributed by atoms with Crippen LogP contribution >= 0.6 is 0 Å². The quantitative estimate of drug-likeness (QED) is 0.643. The van der Waals surface area contributed by atoms with Crippen molar-refractivity contribution >= 4 is 6.09 Å². The van der Waals surface area contributed by atoms with Crippen LogP contribution in [0.5, 0.6) is 0 Å². The van der Waals surface area contributed by atoms with Gasteiger partial charge in [-0.2, -0.15) is 0 Å². The van der Waals surface area contributed by atoms with Gasteiger partial charge in [-0.1, -0.05) is 13.0 Å². The molecular formula is C23H34N2O3. The molecule has 5 heteroatoms. The lowest BCUT2D eigenvalue weighted by Crippen LogP contribution is -2.42. The number of pyridine rings is 1. The van der Waals surface area contributed by atoms with Crippen LogP contribution in [0.15, 0.2) is 24.4 Å². The molecule has 1 saturated heterocycles.